The summed E-state index contributed by atoms with van der Waals surface area (Å²) in [5.41, 5.74) is 14.9. The largest absolute Gasteiger partial charge is 0.399 e. The minimum absolute atomic E-state index is 0.449. The van der Waals surface area contributed by atoms with Gasteiger partial charge in [-0.3, -0.25) is 4.79 Å². The maximum absolute atomic E-state index is 11.1. The average molecular weight is 319 g/mol. The molecule has 0 aliphatic carbocycles. The van der Waals surface area contributed by atoms with Crippen molar-refractivity contribution in [2.45, 2.75) is 6.54 Å². The van der Waals surface area contributed by atoms with E-state index in [1.54, 1.807) is 18.3 Å². The molecule has 0 atom stereocenters. The molecular weight excluding hydrogens is 302 g/mol. The zero-order valence-corrected chi connectivity index (χ0v) is 12.9. The van der Waals surface area contributed by atoms with Gasteiger partial charge in [0.1, 0.15) is 0 Å². The number of nitrogen functional groups attached to an aromatic ring is 1. The molecule has 24 heavy (non-hydrogen) atoms. The summed E-state index contributed by atoms with van der Waals surface area (Å²) in [5.74, 6) is 0.0818. The molecule has 6 heteroatoms. The van der Waals surface area contributed by atoms with Crippen LogP contribution in [-0.2, 0) is 6.54 Å². The minimum Gasteiger partial charge on any atom is -0.399 e. The van der Waals surface area contributed by atoms with Crippen LogP contribution < -0.4 is 16.8 Å². The van der Waals surface area contributed by atoms with Crippen molar-refractivity contribution < 1.29 is 4.79 Å². The van der Waals surface area contributed by atoms with Crippen LogP contribution in [0.15, 0.2) is 60.8 Å². The van der Waals surface area contributed by atoms with Crippen LogP contribution in [0.25, 0.3) is 11.3 Å². The van der Waals surface area contributed by atoms with E-state index in [9.17, 15) is 4.79 Å². The van der Waals surface area contributed by atoms with Crippen molar-refractivity contribution in [3.8, 4) is 11.3 Å². The Labute approximate surface area is 139 Å². The summed E-state index contributed by atoms with van der Waals surface area (Å²) < 4.78 is 0. The maximum atomic E-state index is 11.1. The van der Waals surface area contributed by atoms with E-state index in [0.29, 0.717) is 18.1 Å². The van der Waals surface area contributed by atoms with E-state index >= 15 is 0 Å². The molecule has 0 bridgehead atoms. The third kappa shape index (κ3) is 3.67. The number of anilines is 2. The van der Waals surface area contributed by atoms with Gasteiger partial charge < -0.3 is 16.8 Å². The van der Waals surface area contributed by atoms with E-state index < -0.39 is 5.91 Å². The van der Waals surface area contributed by atoms with Gasteiger partial charge in [-0.15, -0.1) is 0 Å². The summed E-state index contributed by atoms with van der Waals surface area (Å²) >= 11 is 0. The minimum atomic E-state index is -0.449. The standard InChI is InChI=1S/C18H17N5O/c19-15-7-1-12(2-8-15)11-22-18-21-10-9-16(23-18)13-3-5-14(6-4-13)17(20)24/h1-10H,11,19H2,(H2,20,24)(H,21,22,23). The van der Waals surface area contributed by atoms with Crippen LogP contribution in [0, 0.1) is 0 Å². The Hall–Kier alpha value is -3.41. The number of rotatable bonds is 5. The van der Waals surface area contributed by atoms with Gasteiger partial charge in [0, 0.05) is 29.6 Å². The third-order valence-corrected chi connectivity index (χ3v) is 3.55. The number of carbonyl (C=O) groups is 1. The predicted octanol–water partition coefficient (Wildman–Crippen LogP) is 2.44. The summed E-state index contributed by atoms with van der Waals surface area (Å²) in [6.07, 6.45) is 1.69. The third-order valence-electron chi connectivity index (χ3n) is 3.55. The molecule has 3 rings (SSSR count). The second-order valence-electron chi connectivity index (χ2n) is 5.30. The molecule has 1 aromatic heterocycles. The lowest BCUT2D eigenvalue weighted by atomic mass is 10.1. The Morgan fingerprint density at radius 2 is 1.71 bits per heavy atom. The molecule has 0 saturated carbocycles. The van der Waals surface area contributed by atoms with Crippen LogP contribution in [0.1, 0.15) is 15.9 Å². The van der Waals surface area contributed by atoms with Gasteiger partial charge in [0.15, 0.2) is 0 Å². The van der Waals surface area contributed by atoms with Crippen LogP contribution in [-0.4, -0.2) is 15.9 Å². The predicted molar refractivity (Wildman–Crippen MR) is 94.2 cm³/mol. The Morgan fingerprint density at radius 1 is 1.00 bits per heavy atom. The lowest BCUT2D eigenvalue weighted by molar-refractivity contribution is 0.100. The molecule has 3 aromatic rings. The van der Waals surface area contributed by atoms with E-state index in [1.165, 1.54) is 0 Å². The fraction of sp³-hybridized carbons (Fsp3) is 0.0556. The number of aromatic nitrogens is 2. The van der Waals surface area contributed by atoms with Crippen LogP contribution in [0.2, 0.25) is 0 Å². The quantitative estimate of drug-likeness (QED) is 0.626. The van der Waals surface area contributed by atoms with Gasteiger partial charge >= 0.3 is 0 Å². The Balaban J connectivity index is 1.73. The van der Waals surface area contributed by atoms with Crippen molar-refractivity contribution in [2.75, 3.05) is 11.1 Å². The highest BCUT2D eigenvalue weighted by Gasteiger charge is 2.04. The van der Waals surface area contributed by atoms with Gasteiger partial charge in [-0.1, -0.05) is 24.3 Å². The number of nitrogens with one attached hydrogen (secondary N) is 1. The number of hydrogen-bond acceptors (Lipinski definition) is 5. The van der Waals surface area contributed by atoms with Gasteiger partial charge in [-0.25, -0.2) is 9.97 Å². The molecule has 5 N–H and O–H groups in total. The van der Waals surface area contributed by atoms with Crippen molar-refractivity contribution in [1.29, 1.82) is 0 Å². The lowest BCUT2D eigenvalue weighted by Gasteiger charge is -2.07. The Kier molecular flexibility index (Phi) is 4.38. The second kappa shape index (κ2) is 6.78. The van der Waals surface area contributed by atoms with Crippen LogP contribution >= 0.6 is 0 Å². The Morgan fingerprint density at radius 3 is 2.38 bits per heavy atom. The van der Waals surface area contributed by atoms with Gasteiger partial charge in [0.05, 0.1) is 5.69 Å². The van der Waals surface area contributed by atoms with Crippen molar-refractivity contribution in [3.05, 3.63) is 71.9 Å². The molecule has 2 aromatic carbocycles. The maximum Gasteiger partial charge on any atom is 0.248 e. The van der Waals surface area contributed by atoms with E-state index in [1.807, 2.05) is 42.5 Å². The first-order chi connectivity index (χ1) is 11.6. The highest BCUT2D eigenvalue weighted by molar-refractivity contribution is 5.93. The summed E-state index contributed by atoms with van der Waals surface area (Å²) in [4.78, 5) is 19.8. The van der Waals surface area contributed by atoms with Gasteiger partial charge in [-0.2, -0.15) is 0 Å². The smallest absolute Gasteiger partial charge is 0.248 e. The fourth-order valence-electron chi connectivity index (χ4n) is 2.23. The molecule has 1 amide bonds. The number of amides is 1. The zero-order valence-electron chi connectivity index (χ0n) is 12.9. The second-order valence-corrected chi connectivity index (χ2v) is 5.30. The van der Waals surface area contributed by atoms with Crippen LogP contribution in [0.5, 0.6) is 0 Å². The van der Waals surface area contributed by atoms with Crippen molar-refractivity contribution >= 4 is 17.5 Å². The van der Waals surface area contributed by atoms with Gasteiger partial charge in [-0.05, 0) is 35.9 Å². The first kappa shape index (κ1) is 15.5. The van der Waals surface area contributed by atoms with Gasteiger partial charge in [0.2, 0.25) is 11.9 Å². The number of hydrogen-bond donors (Lipinski definition) is 3. The van der Waals surface area contributed by atoms with Crippen molar-refractivity contribution in [2.24, 2.45) is 5.73 Å². The summed E-state index contributed by atoms with van der Waals surface area (Å²) in [6.45, 7) is 0.602. The Bertz CT molecular complexity index is 844. The molecule has 0 aliphatic rings. The van der Waals surface area contributed by atoms with Crippen LogP contribution in [0.4, 0.5) is 11.6 Å². The first-order valence-corrected chi connectivity index (χ1v) is 7.43. The van der Waals surface area contributed by atoms with Crippen LogP contribution in [0.3, 0.4) is 0 Å². The molecule has 0 fully saturated rings. The number of carbonyl (C=O) groups excluding carboxylic acids is 1. The van der Waals surface area contributed by atoms with E-state index in [-0.39, 0.29) is 0 Å². The van der Waals surface area contributed by atoms with Crippen molar-refractivity contribution in [3.63, 3.8) is 0 Å². The first-order valence-electron chi connectivity index (χ1n) is 7.43. The van der Waals surface area contributed by atoms with Gasteiger partial charge in [0.25, 0.3) is 0 Å². The average Bonchev–Trinajstić information content (AvgIpc) is 2.61. The number of primary amides is 1. The molecule has 1 heterocycles. The molecular formula is C18H17N5O. The zero-order chi connectivity index (χ0) is 16.9. The topological polar surface area (TPSA) is 107 Å². The molecule has 0 unspecified atom stereocenters. The van der Waals surface area contributed by atoms with E-state index in [4.69, 9.17) is 11.5 Å². The van der Waals surface area contributed by atoms with E-state index in [0.717, 1.165) is 22.5 Å². The molecule has 0 spiro atoms. The monoisotopic (exact) mass is 319 g/mol. The highest BCUT2D eigenvalue weighted by atomic mass is 16.1. The number of nitrogens with zero attached hydrogens (tertiary/aromatic N) is 2. The summed E-state index contributed by atoms with van der Waals surface area (Å²) in [5, 5.41) is 3.18. The SMILES string of the molecule is NC(=O)c1ccc(-c2ccnc(NCc3ccc(N)cc3)n2)cc1. The fourth-order valence-corrected chi connectivity index (χ4v) is 2.23. The molecule has 120 valence electrons. The van der Waals surface area contributed by atoms with E-state index in [2.05, 4.69) is 15.3 Å². The number of nitrogens with two attached hydrogens (primary N) is 2. The van der Waals surface area contributed by atoms with Crippen molar-refractivity contribution in [1.82, 2.24) is 9.97 Å². The summed E-state index contributed by atoms with van der Waals surface area (Å²) in [7, 11) is 0. The summed E-state index contributed by atoms with van der Waals surface area (Å²) in [6, 6.07) is 16.4. The highest BCUT2D eigenvalue weighted by Crippen LogP contribution is 2.18. The molecule has 0 radical (unpaired) electrons. The number of benzene rings is 2. The molecule has 0 aliphatic heterocycles. The molecule has 6 nitrogen and oxygen atoms in total. The molecule has 0 saturated heterocycles. The normalized spacial score (nSPS) is 10.3. The lowest BCUT2D eigenvalue weighted by Crippen LogP contribution is -2.10.